The van der Waals surface area contributed by atoms with E-state index in [1.54, 1.807) is 0 Å². The third kappa shape index (κ3) is 2.43. The van der Waals surface area contributed by atoms with Crippen LogP contribution in [0.5, 0.6) is 0 Å². The van der Waals surface area contributed by atoms with Crippen LogP contribution in [0.1, 0.15) is 27.7 Å². The molecule has 0 atom stereocenters. The molecule has 2 aromatic heterocycles. The summed E-state index contributed by atoms with van der Waals surface area (Å²) < 4.78 is 14.9. The Kier molecular flexibility index (Phi) is 3.70. The van der Waals surface area contributed by atoms with Gasteiger partial charge in [-0.15, -0.1) is 0 Å². The Bertz CT molecular complexity index is 1130. The van der Waals surface area contributed by atoms with Crippen LogP contribution in [-0.4, -0.2) is 27.9 Å². The second-order valence-corrected chi connectivity index (χ2v) is 8.37. The number of benzene rings is 2. The van der Waals surface area contributed by atoms with Crippen molar-refractivity contribution in [3.8, 4) is 5.82 Å². The van der Waals surface area contributed by atoms with Crippen molar-refractivity contribution < 1.29 is 9.31 Å². The fraction of sp³-hybridized carbons (Fsp3) is 0.261. The Morgan fingerprint density at radius 3 is 1.86 bits per heavy atom. The van der Waals surface area contributed by atoms with E-state index in [0.717, 1.165) is 22.3 Å². The fourth-order valence-corrected chi connectivity index (χ4v) is 3.90. The molecule has 0 N–H and O–H groups in total. The van der Waals surface area contributed by atoms with Crippen molar-refractivity contribution >= 4 is 34.4 Å². The monoisotopic (exact) mass is 370 g/mol. The largest absolute Gasteiger partial charge is 0.498 e. The molecule has 2 aromatic carbocycles. The summed E-state index contributed by atoms with van der Waals surface area (Å²) in [5, 5.41) is 2.42. The van der Waals surface area contributed by atoms with Crippen LogP contribution in [0.3, 0.4) is 0 Å². The fourth-order valence-electron chi connectivity index (χ4n) is 3.90. The summed E-state index contributed by atoms with van der Waals surface area (Å²) in [6.07, 6.45) is 1.83. The van der Waals surface area contributed by atoms with Crippen LogP contribution in [0.25, 0.3) is 27.6 Å². The van der Waals surface area contributed by atoms with Gasteiger partial charge < -0.3 is 9.31 Å². The van der Waals surface area contributed by atoms with E-state index in [0.29, 0.717) is 0 Å². The van der Waals surface area contributed by atoms with Gasteiger partial charge in [-0.05, 0) is 45.9 Å². The van der Waals surface area contributed by atoms with Gasteiger partial charge in [0.15, 0.2) is 0 Å². The van der Waals surface area contributed by atoms with E-state index in [2.05, 4.69) is 80.8 Å². The Labute approximate surface area is 165 Å². The number of hydrogen-bond donors (Lipinski definition) is 0. The Hall–Kier alpha value is -2.63. The van der Waals surface area contributed by atoms with Crippen LogP contribution in [0.15, 0.2) is 66.9 Å². The highest BCUT2D eigenvalue weighted by atomic mass is 16.7. The molecule has 0 radical (unpaired) electrons. The summed E-state index contributed by atoms with van der Waals surface area (Å²) in [6, 6.07) is 20.9. The normalized spacial score (nSPS) is 18.2. The molecule has 28 heavy (non-hydrogen) atoms. The lowest BCUT2D eigenvalue weighted by Gasteiger charge is -2.32. The smallest absolute Gasteiger partial charge is 0.399 e. The van der Waals surface area contributed by atoms with Crippen molar-refractivity contribution in [1.82, 2.24) is 9.55 Å². The van der Waals surface area contributed by atoms with Gasteiger partial charge in [-0.25, -0.2) is 4.98 Å². The topological polar surface area (TPSA) is 36.3 Å². The Balaban J connectivity index is 1.77. The molecule has 1 saturated heterocycles. The maximum Gasteiger partial charge on any atom is 0.498 e. The first-order chi connectivity index (χ1) is 13.4. The molecule has 5 heteroatoms. The highest BCUT2D eigenvalue weighted by molar-refractivity contribution is 6.63. The molecular formula is C23H23BN2O2. The third-order valence-corrected chi connectivity index (χ3v) is 6.12. The predicted octanol–water partition coefficient (Wildman–Crippen LogP) is 4.48. The van der Waals surface area contributed by atoms with Gasteiger partial charge in [0.2, 0.25) is 0 Å². The van der Waals surface area contributed by atoms with Gasteiger partial charge in [-0.1, -0.05) is 42.5 Å². The van der Waals surface area contributed by atoms with Crippen molar-refractivity contribution in [3.05, 3.63) is 66.9 Å². The molecule has 140 valence electrons. The molecule has 1 aliphatic rings. The zero-order valence-electron chi connectivity index (χ0n) is 16.6. The highest BCUT2D eigenvalue weighted by Crippen LogP contribution is 2.37. The van der Waals surface area contributed by atoms with Crippen molar-refractivity contribution in [2.24, 2.45) is 0 Å². The summed E-state index contributed by atoms with van der Waals surface area (Å²) in [4.78, 5) is 4.76. The van der Waals surface area contributed by atoms with E-state index in [1.807, 2.05) is 18.3 Å². The molecule has 1 aliphatic heterocycles. The first-order valence-electron chi connectivity index (χ1n) is 9.68. The van der Waals surface area contributed by atoms with E-state index in [-0.39, 0.29) is 0 Å². The number of hydrogen-bond acceptors (Lipinski definition) is 3. The minimum Gasteiger partial charge on any atom is -0.399 e. The molecule has 1 fully saturated rings. The molecule has 0 unspecified atom stereocenters. The van der Waals surface area contributed by atoms with Crippen molar-refractivity contribution in [2.75, 3.05) is 0 Å². The van der Waals surface area contributed by atoms with Crippen LogP contribution < -0.4 is 5.46 Å². The summed E-state index contributed by atoms with van der Waals surface area (Å²) in [7, 11) is -0.464. The maximum atomic E-state index is 6.34. The molecule has 0 aliphatic carbocycles. The van der Waals surface area contributed by atoms with E-state index in [4.69, 9.17) is 14.3 Å². The first kappa shape index (κ1) is 17.5. The van der Waals surface area contributed by atoms with Gasteiger partial charge in [0.1, 0.15) is 5.82 Å². The van der Waals surface area contributed by atoms with E-state index >= 15 is 0 Å². The molecule has 4 aromatic rings. The van der Waals surface area contributed by atoms with Crippen LogP contribution in [0.4, 0.5) is 0 Å². The van der Waals surface area contributed by atoms with Crippen molar-refractivity contribution in [3.63, 3.8) is 0 Å². The molecule has 0 bridgehead atoms. The van der Waals surface area contributed by atoms with Gasteiger partial charge >= 0.3 is 7.12 Å². The number of aromatic nitrogens is 2. The van der Waals surface area contributed by atoms with Crippen LogP contribution >= 0.6 is 0 Å². The van der Waals surface area contributed by atoms with Crippen LogP contribution in [0, 0.1) is 0 Å². The summed E-state index contributed by atoms with van der Waals surface area (Å²) in [5.41, 5.74) is 2.39. The SMILES string of the molecule is CC1(C)OB(c2cccnc2-n2c3ccccc3c3ccccc32)OC1(C)C. The van der Waals surface area contributed by atoms with Gasteiger partial charge in [0.05, 0.1) is 22.2 Å². The van der Waals surface area contributed by atoms with Gasteiger partial charge in [-0.2, -0.15) is 0 Å². The lowest BCUT2D eigenvalue weighted by atomic mass is 9.79. The molecule has 0 saturated carbocycles. The molecule has 0 amide bonds. The van der Waals surface area contributed by atoms with Gasteiger partial charge in [0.25, 0.3) is 0 Å². The summed E-state index contributed by atoms with van der Waals surface area (Å²) >= 11 is 0. The third-order valence-electron chi connectivity index (χ3n) is 6.12. The van der Waals surface area contributed by atoms with Crippen LogP contribution in [0.2, 0.25) is 0 Å². The number of para-hydroxylation sites is 2. The Morgan fingerprint density at radius 2 is 1.29 bits per heavy atom. The molecule has 3 heterocycles. The molecule has 5 rings (SSSR count). The van der Waals surface area contributed by atoms with Gasteiger partial charge in [0, 0.05) is 22.4 Å². The maximum absolute atomic E-state index is 6.34. The zero-order chi connectivity index (χ0) is 19.5. The van der Waals surface area contributed by atoms with Crippen LogP contribution in [-0.2, 0) is 9.31 Å². The van der Waals surface area contributed by atoms with E-state index in [9.17, 15) is 0 Å². The average molecular weight is 370 g/mol. The quantitative estimate of drug-likeness (QED) is 0.488. The van der Waals surface area contributed by atoms with E-state index in [1.165, 1.54) is 10.8 Å². The molecular weight excluding hydrogens is 347 g/mol. The lowest BCUT2D eigenvalue weighted by Crippen LogP contribution is -2.41. The average Bonchev–Trinajstić information content (AvgIpc) is 3.12. The van der Waals surface area contributed by atoms with E-state index < -0.39 is 18.3 Å². The van der Waals surface area contributed by atoms with Gasteiger partial charge in [-0.3, -0.25) is 4.57 Å². The number of nitrogens with zero attached hydrogens (tertiary/aromatic N) is 2. The molecule has 0 spiro atoms. The predicted molar refractivity (Wildman–Crippen MR) is 114 cm³/mol. The lowest BCUT2D eigenvalue weighted by molar-refractivity contribution is 0.00578. The molecule has 4 nitrogen and oxygen atoms in total. The van der Waals surface area contributed by atoms with Crippen molar-refractivity contribution in [1.29, 1.82) is 0 Å². The van der Waals surface area contributed by atoms with Crippen molar-refractivity contribution in [2.45, 2.75) is 38.9 Å². The minimum atomic E-state index is -0.464. The highest BCUT2D eigenvalue weighted by Gasteiger charge is 2.52. The minimum absolute atomic E-state index is 0.397. The second kappa shape index (κ2) is 5.93. The first-order valence-corrected chi connectivity index (χ1v) is 9.68. The number of fused-ring (bicyclic) bond motifs is 3. The standard InChI is InChI=1S/C23H23BN2O2/c1-22(2)23(3,4)28-24(27-22)18-12-9-15-25-21(18)26-19-13-7-5-10-16(19)17-11-6-8-14-20(17)26/h5-15H,1-4H3. The zero-order valence-corrected chi connectivity index (χ0v) is 16.6. The summed E-state index contributed by atoms with van der Waals surface area (Å²) in [6.45, 7) is 8.29. The summed E-state index contributed by atoms with van der Waals surface area (Å²) in [5.74, 6) is 0.846. The number of pyridine rings is 1. The number of rotatable bonds is 2. The second-order valence-electron chi connectivity index (χ2n) is 8.37. The Morgan fingerprint density at radius 1 is 0.750 bits per heavy atom.